The summed E-state index contributed by atoms with van der Waals surface area (Å²) in [5.74, 6) is 0. The van der Waals surface area contributed by atoms with Crippen molar-refractivity contribution in [1.29, 1.82) is 0 Å². The highest BCUT2D eigenvalue weighted by atomic mass is 28.1. The highest BCUT2D eigenvalue weighted by Gasteiger charge is 1.84. The molecule has 0 saturated heterocycles. The largest absolute Gasteiger partial charge is 0.216 e. The first kappa shape index (κ1) is 10.8. The van der Waals surface area contributed by atoms with Crippen molar-refractivity contribution in [3.63, 3.8) is 0 Å². The quantitative estimate of drug-likeness (QED) is 0.498. The summed E-state index contributed by atoms with van der Waals surface area (Å²) in [4.78, 5) is 0. The Morgan fingerprint density at radius 1 is 1.38 bits per heavy atom. The van der Waals surface area contributed by atoms with Gasteiger partial charge in [-0.1, -0.05) is 13.8 Å². The molecular weight excluding hydrogens is 119 g/mol. The fraction of sp³-hybridized carbons (Fsp3) is 0.667. The Labute approximate surface area is 54.8 Å². The summed E-state index contributed by atoms with van der Waals surface area (Å²) in [5, 5.41) is 0. The van der Waals surface area contributed by atoms with Crippen LogP contribution in [0.15, 0.2) is 11.9 Å². The molecule has 0 nitrogen and oxygen atoms in total. The first-order valence-corrected chi connectivity index (χ1v) is 2.63. The van der Waals surface area contributed by atoms with E-state index < -0.39 is 0 Å². The Kier molecular flexibility index (Phi) is 9.29. The Morgan fingerprint density at radius 3 is 1.75 bits per heavy atom. The summed E-state index contributed by atoms with van der Waals surface area (Å²) in [7, 11) is 0. The van der Waals surface area contributed by atoms with Crippen LogP contribution < -0.4 is 0 Å². The number of rotatable bonds is 2. The summed E-state index contributed by atoms with van der Waals surface area (Å²) in [6.07, 6.45) is 2.38. The molecule has 0 N–H and O–H groups in total. The Hall–Kier alpha value is -0.113. The van der Waals surface area contributed by atoms with Gasteiger partial charge in [0.05, 0.1) is 6.33 Å². The maximum absolute atomic E-state index is 11.5. The second kappa shape index (κ2) is 6.89. The molecule has 0 radical (unpaired) electrons. The third-order valence-electron chi connectivity index (χ3n) is 1.06. The van der Waals surface area contributed by atoms with Crippen LogP contribution in [0.1, 0.15) is 26.7 Å². The van der Waals surface area contributed by atoms with Crippen molar-refractivity contribution in [3.05, 3.63) is 11.9 Å². The van der Waals surface area contributed by atoms with Crippen LogP contribution in [0, 0.1) is 0 Å². The minimum atomic E-state index is 0. The molecule has 0 spiro atoms. The van der Waals surface area contributed by atoms with Crippen LogP contribution in [0.3, 0.4) is 0 Å². The fourth-order valence-electron chi connectivity index (χ4n) is 0.404. The highest BCUT2D eigenvalue weighted by molar-refractivity contribution is 5.75. The Bertz CT molecular complexity index is 62.9. The first-order valence-electron chi connectivity index (χ1n) is 2.63. The van der Waals surface area contributed by atoms with E-state index in [2.05, 4.69) is 0 Å². The molecule has 2 heteroatoms. The van der Waals surface area contributed by atoms with Gasteiger partial charge in [0.1, 0.15) is 0 Å². The molecular formula is C6H15FSi. The molecule has 0 fully saturated rings. The Morgan fingerprint density at radius 2 is 1.75 bits per heavy atom. The van der Waals surface area contributed by atoms with E-state index in [1.165, 1.54) is 0 Å². The predicted molar refractivity (Wildman–Crippen MR) is 41.1 cm³/mol. The molecule has 0 aromatic carbocycles. The van der Waals surface area contributed by atoms with Crippen molar-refractivity contribution in [2.75, 3.05) is 0 Å². The zero-order valence-corrected chi connectivity index (χ0v) is 4.87. The normalized spacial score (nSPS) is 7.38. The lowest BCUT2D eigenvalue weighted by Crippen LogP contribution is -1.71. The summed E-state index contributed by atoms with van der Waals surface area (Å²) in [6, 6.07) is 0. The maximum atomic E-state index is 11.5. The zero-order valence-electron chi connectivity index (χ0n) is 4.87. The molecule has 50 valence electrons. The molecule has 0 atom stereocenters. The molecule has 0 bridgehead atoms. The van der Waals surface area contributed by atoms with Crippen LogP contribution in [0.5, 0.6) is 0 Å². The van der Waals surface area contributed by atoms with Gasteiger partial charge >= 0.3 is 0 Å². The molecule has 0 amide bonds. The number of allylic oxidation sites excluding steroid dienone is 1. The van der Waals surface area contributed by atoms with Gasteiger partial charge in [0.2, 0.25) is 0 Å². The number of hydrogen-bond donors (Lipinski definition) is 0. The topological polar surface area (TPSA) is 0 Å². The molecule has 0 heterocycles. The summed E-state index contributed by atoms with van der Waals surface area (Å²) in [6.45, 7) is 3.91. The SMILES string of the molecule is CCC(=CF)CC.[SiH4]. The van der Waals surface area contributed by atoms with E-state index in [0.717, 1.165) is 18.4 Å². The van der Waals surface area contributed by atoms with Gasteiger partial charge < -0.3 is 0 Å². The third kappa shape index (κ3) is 4.06. The molecule has 0 aliphatic carbocycles. The molecule has 0 aliphatic rings. The monoisotopic (exact) mass is 134 g/mol. The van der Waals surface area contributed by atoms with E-state index in [1.807, 2.05) is 13.8 Å². The van der Waals surface area contributed by atoms with Gasteiger partial charge in [-0.25, -0.2) is 4.39 Å². The zero-order chi connectivity index (χ0) is 5.70. The van der Waals surface area contributed by atoms with Crippen molar-refractivity contribution in [1.82, 2.24) is 0 Å². The predicted octanol–water partition coefficient (Wildman–Crippen LogP) is 1.21. The molecule has 0 saturated carbocycles. The highest BCUT2D eigenvalue weighted by Crippen LogP contribution is 2.03. The summed E-state index contributed by atoms with van der Waals surface area (Å²) < 4.78 is 11.5. The average molecular weight is 134 g/mol. The van der Waals surface area contributed by atoms with Gasteiger partial charge in [-0.15, -0.1) is 0 Å². The van der Waals surface area contributed by atoms with Crippen LogP contribution in [0.2, 0.25) is 0 Å². The average Bonchev–Trinajstić information content (AvgIpc) is 1.72. The lowest BCUT2D eigenvalue weighted by molar-refractivity contribution is 0.694. The van der Waals surface area contributed by atoms with Crippen LogP contribution in [0.25, 0.3) is 0 Å². The van der Waals surface area contributed by atoms with Gasteiger partial charge in [0.15, 0.2) is 0 Å². The molecule has 0 rings (SSSR count). The fourth-order valence-corrected chi connectivity index (χ4v) is 0.404. The van der Waals surface area contributed by atoms with Crippen molar-refractivity contribution in [2.45, 2.75) is 26.7 Å². The van der Waals surface area contributed by atoms with Gasteiger partial charge in [-0.05, 0) is 29.4 Å². The van der Waals surface area contributed by atoms with Gasteiger partial charge in [0.25, 0.3) is 0 Å². The van der Waals surface area contributed by atoms with E-state index in [4.69, 9.17) is 0 Å². The van der Waals surface area contributed by atoms with Crippen molar-refractivity contribution in [2.24, 2.45) is 0 Å². The standard InChI is InChI=1S/C6H11F.H4Si/c1-3-6(4-2)5-7;/h5H,3-4H2,1-2H3;1H4. The lowest BCUT2D eigenvalue weighted by atomic mass is 10.2. The minimum absolute atomic E-state index is 0. The number of hydrogen-bond acceptors (Lipinski definition) is 0. The van der Waals surface area contributed by atoms with Crippen LogP contribution >= 0.6 is 0 Å². The van der Waals surface area contributed by atoms with E-state index in [-0.39, 0.29) is 11.0 Å². The number of halogens is 1. The third-order valence-corrected chi connectivity index (χ3v) is 1.06. The molecule has 0 unspecified atom stereocenters. The molecule has 0 aliphatic heterocycles. The smallest absolute Gasteiger partial charge is 0.0858 e. The van der Waals surface area contributed by atoms with E-state index in [1.54, 1.807) is 0 Å². The summed E-state index contributed by atoms with van der Waals surface area (Å²) in [5.41, 5.74) is 0.889. The van der Waals surface area contributed by atoms with Crippen LogP contribution in [-0.4, -0.2) is 11.0 Å². The van der Waals surface area contributed by atoms with E-state index in [0.29, 0.717) is 6.33 Å². The second-order valence-corrected chi connectivity index (χ2v) is 1.47. The summed E-state index contributed by atoms with van der Waals surface area (Å²) >= 11 is 0. The van der Waals surface area contributed by atoms with Crippen molar-refractivity contribution >= 4 is 11.0 Å². The minimum Gasteiger partial charge on any atom is -0.216 e. The van der Waals surface area contributed by atoms with Gasteiger partial charge in [0, 0.05) is 0 Å². The van der Waals surface area contributed by atoms with Crippen LogP contribution in [-0.2, 0) is 0 Å². The first-order chi connectivity index (χ1) is 3.35. The second-order valence-electron chi connectivity index (χ2n) is 1.47. The van der Waals surface area contributed by atoms with Gasteiger partial charge in [-0.3, -0.25) is 0 Å². The Balaban J connectivity index is 0. The molecule has 0 aromatic heterocycles. The van der Waals surface area contributed by atoms with E-state index >= 15 is 0 Å². The van der Waals surface area contributed by atoms with E-state index in [9.17, 15) is 4.39 Å². The van der Waals surface area contributed by atoms with Crippen molar-refractivity contribution in [3.8, 4) is 0 Å². The molecule has 0 aromatic rings. The lowest BCUT2D eigenvalue weighted by Gasteiger charge is -1.90. The maximum Gasteiger partial charge on any atom is 0.0858 e. The van der Waals surface area contributed by atoms with Gasteiger partial charge in [-0.2, -0.15) is 0 Å². The van der Waals surface area contributed by atoms with Crippen molar-refractivity contribution < 1.29 is 4.39 Å². The van der Waals surface area contributed by atoms with Crippen LogP contribution in [0.4, 0.5) is 4.39 Å². The molecule has 8 heavy (non-hydrogen) atoms.